The van der Waals surface area contributed by atoms with Crippen molar-refractivity contribution in [2.75, 3.05) is 13.1 Å². The number of carbonyl (C=O) groups excluding carboxylic acids is 1. The summed E-state index contributed by atoms with van der Waals surface area (Å²) in [6, 6.07) is 13.0. The third-order valence-corrected chi connectivity index (χ3v) is 5.32. The number of amides is 1. The van der Waals surface area contributed by atoms with Crippen LogP contribution in [-0.2, 0) is 16.8 Å². The number of nitrogens with one attached hydrogen (secondary N) is 2. The van der Waals surface area contributed by atoms with E-state index in [0.717, 1.165) is 23.4 Å². The molecule has 6 heteroatoms. The van der Waals surface area contributed by atoms with Crippen LogP contribution in [0, 0.1) is 11.3 Å². The number of benzene rings is 1. The van der Waals surface area contributed by atoms with Gasteiger partial charge in [-0.2, -0.15) is 5.26 Å². The second-order valence-corrected chi connectivity index (χ2v) is 7.08. The van der Waals surface area contributed by atoms with Crippen molar-refractivity contribution >= 4 is 17.2 Å². The zero-order valence-electron chi connectivity index (χ0n) is 13.3. The van der Waals surface area contributed by atoms with Gasteiger partial charge in [-0.1, -0.05) is 24.3 Å². The van der Waals surface area contributed by atoms with E-state index in [9.17, 15) is 10.1 Å². The SMILES string of the molecule is N#Cc1ccccc1[C@@]1(NC(=O)[C@@H](N)Cc2cccs2)CCNC1. The smallest absolute Gasteiger partial charge is 0.238 e. The molecule has 1 aliphatic heterocycles. The van der Waals surface area contributed by atoms with E-state index in [1.54, 1.807) is 17.4 Å². The lowest BCUT2D eigenvalue weighted by molar-refractivity contribution is -0.124. The van der Waals surface area contributed by atoms with Crippen LogP contribution in [-0.4, -0.2) is 25.0 Å². The van der Waals surface area contributed by atoms with Crippen molar-refractivity contribution in [2.24, 2.45) is 5.73 Å². The van der Waals surface area contributed by atoms with Gasteiger partial charge < -0.3 is 16.4 Å². The van der Waals surface area contributed by atoms with Crippen molar-refractivity contribution in [1.29, 1.82) is 5.26 Å². The maximum Gasteiger partial charge on any atom is 0.238 e. The molecule has 0 unspecified atom stereocenters. The van der Waals surface area contributed by atoms with Crippen LogP contribution in [0.1, 0.15) is 22.4 Å². The van der Waals surface area contributed by atoms with Crippen molar-refractivity contribution in [2.45, 2.75) is 24.4 Å². The maximum atomic E-state index is 12.7. The molecule has 1 aromatic heterocycles. The maximum absolute atomic E-state index is 12.7. The highest BCUT2D eigenvalue weighted by molar-refractivity contribution is 7.09. The monoisotopic (exact) mass is 340 g/mol. The molecule has 0 spiro atoms. The Balaban J connectivity index is 1.81. The Morgan fingerprint density at radius 3 is 2.92 bits per heavy atom. The first-order valence-corrected chi connectivity index (χ1v) is 8.83. The van der Waals surface area contributed by atoms with Crippen LogP contribution in [0.3, 0.4) is 0 Å². The van der Waals surface area contributed by atoms with Gasteiger partial charge in [-0.05, 0) is 36.0 Å². The predicted molar refractivity (Wildman–Crippen MR) is 94.5 cm³/mol. The van der Waals surface area contributed by atoms with Gasteiger partial charge >= 0.3 is 0 Å². The molecule has 1 aliphatic rings. The number of nitrogens with two attached hydrogens (primary N) is 1. The second-order valence-electron chi connectivity index (χ2n) is 6.05. The summed E-state index contributed by atoms with van der Waals surface area (Å²) in [6.07, 6.45) is 1.26. The molecule has 1 fully saturated rings. The third-order valence-electron chi connectivity index (χ3n) is 4.42. The van der Waals surface area contributed by atoms with Crippen molar-refractivity contribution in [3.05, 3.63) is 57.8 Å². The van der Waals surface area contributed by atoms with Gasteiger partial charge in [0.1, 0.15) is 0 Å². The summed E-state index contributed by atoms with van der Waals surface area (Å²) in [6.45, 7) is 1.39. The van der Waals surface area contributed by atoms with Crippen LogP contribution in [0.25, 0.3) is 0 Å². The molecule has 24 heavy (non-hydrogen) atoms. The van der Waals surface area contributed by atoms with Crippen LogP contribution in [0.4, 0.5) is 0 Å². The predicted octanol–water partition coefficient (Wildman–Crippen LogP) is 1.49. The molecule has 0 saturated carbocycles. The zero-order chi connectivity index (χ0) is 17.0. The van der Waals surface area contributed by atoms with E-state index in [2.05, 4.69) is 16.7 Å². The molecular formula is C18H20N4OS. The second kappa shape index (κ2) is 7.14. The molecule has 3 rings (SSSR count). The van der Waals surface area contributed by atoms with E-state index in [1.807, 2.05) is 35.7 Å². The quantitative estimate of drug-likeness (QED) is 0.769. The molecule has 2 atom stereocenters. The van der Waals surface area contributed by atoms with Crippen molar-refractivity contribution in [3.63, 3.8) is 0 Å². The molecular weight excluding hydrogens is 320 g/mol. The van der Waals surface area contributed by atoms with Crippen LogP contribution in [0.2, 0.25) is 0 Å². The summed E-state index contributed by atoms with van der Waals surface area (Å²) in [4.78, 5) is 13.8. The van der Waals surface area contributed by atoms with Gasteiger partial charge in [0.25, 0.3) is 0 Å². The summed E-state index contributed by atoms with van der Waals surface area (Å²) in [5.41, 5.74) is 6.98. The van der Waals surface area contributed by atoms with E-state index in [4.69, 9.17) is 5.73 Å². The van der Waals surface area contributed by atoms with Gasteiger partial charge in [-0.25, -0.2) is 0 Å². The normalized spacial score (nSPS) is 21.2. The number of nitriles is 1. The Kier molecular flexibility index (Phi) is 4.95. The van der Waals surface area contributed by atoms with Crippen molar-refractivity contribution in [3.8, 4) is 6.07 Å². The van der Waals surface area contributed by atoms with Crippen LogP contribution < -0.4 is 16.4 Å². The fourth-order valence-corrected chi connectivity index (χ4v) is 3.93. The standard InChI is InChI=1S/C18H20N4OS/c19-11-13-4-1-2-6-15(13)18(7-8-21-12-18)22-17(23)16(20)10-14-5-3-9-24-14/h1-6,9,16,21H,7-8,10,12,20H2,(H,22,23)/t16-,18+/m0/s1. The van der Waals surface area contributed by atoms with E-state index in [0.29, 0.717) is 18.5 Å². The molecule has 5 nitrogen and oxygen atoms in total. The number of rotatable bonds is 5. The first kappa shape index (κ1) is 16.7. The van der Waals surface area contributed by atoms with Gasteiger partial charge in [0, 0.05) is 17.8 Å². The Labute approximate surface area is 145 Å². The molecule has 1 aromatic carbocycles. The van der Waals surface area contributed by atoms with Crippen molar-refractivity contribution < 1.29 is 4.79 Å². The highest BCUT2D eigenvalue weighted by Crippen LogP contribution is 2.30. The molecule has 1 amide bonds. The Morgan fingerprint density at radius 1 is 1.42 bits per heavy atom. The van der Waals surface area contributed by atoms with Crippen LogP contribution in [0.15, 0.2) is 41.8 Å². The number of hydrogen-bond donors (Lipinski definition) is 3. The largest absolute Gasteiger partial charge is 0.344 e. The molecule has 4 N–H and O–H groups in total. The Hall–Kier alpha value is -2.20. The van der Waals surface area contributed by atoms with Crippen LogP contribution >= 0.6 is 11.3 Å². The molecule has 1 saturated heterocycles. The summed E-state index contributed by atoms with van der Waals surface area (Å²) in [7, 11) is 0. The molecule has 0 aliphatic carbocycles. The lowest BCUT2D eigenvalue weighted by Gasteiger charge is -2.32. The van der Waals surface area contributed by atoms with E-state index in [-0.39, 0.29) is 5.91 Å². The average Bonchev–Trinajstić information content (AvgIpc) is 3.27. The first-order valence-electron chi connectivity index (χ1n) is 7.95. The number of carbonyl (C=O) groups is 1. The molecule has 124 valence electrons. The van der Waals surface area contributed by atoms with Gasteiger partial charge in [-0.15, -0.1) is 11.3 Å². The summed E-state index contributed by atoms with van der Waals surface area (Å²) >= 11 is 1.60. The Bertz CT molecular complexity index is 745. The number of thiophene rings is 1. The molecule has 2 aromatic rings. The lowest BCUT2D eigenvalue weighted by Crippen LogP contribution is -2.53. The number of hydrogen-bond acceptors (Lipinski definition) is 5. The molecule has 0 radical (unpaired) electrons. The van der Waals surface area contributed by atoms with E-state index >= 15 is 0 Å². The fraction of sp³-hybridized carbons (Fsp3) is 0.333. The van der Waals surface area contributed by atoms with Gasteiger partial charge in [0.2, 0.25) is 5.91 Å². The minimum absolute atomic E-state index is 0.181. The molecule has 2 heterocycles. The topological polar surface area (TPSA) is 90.9 Å². The van der Waals surface area contributed by atoms with Crippen molar-refractivity contribution in [1.82, 2.24) is 10.6 Å². The van der Waals surface area contributed by atoms with E-state index < -0.39 is 11.6 Å². The minimum atomic E-state index is -0.602. The van der Waals surface area contributed by atoms with E-state index in [1.165, 1.54) is 0 Å². The number of nitrogens with zero attached hydrogens (tertiary/aromatic N) is 1. The summed E-state index contributed by atoms with van der Waals surface area (Å²) in [5, 5.41) is 17.8. The first-order chi connectivity index (χ1) is 11.6. The highest BCUT2D eigenvalue weighted by Gasteiger charge is 2.39. The lowest BCUT2D eigenvalue weighted by atomic mass is 9.85. The minimum Gasteiger partial charge on any atom is -0.344 e. The van der Waals surface area contributed by atoms with Gasteiger partial charge in [0.15, 0.2) is 0 Å². The molecule has 0 bridgehead atoms. The highest BCUT2D eigenvalue weighted by atomic mass is 32.1. The summed E-state index contributed by atoms with van der Waals surface area (Å²) in [5.74, 6) is -0.181. The van der Waals surface area contributed by atoms with Gasteiger partial charge in [0.05, 0.1) is 23.2 Å². The zero-order valence-corrected chi connectivity index (χ0v) is 14.1. The third kappa shape index (κ3) is 3.34. The van der Waals surface area contributed by atoms with Crippen LogP contribution in [0.5, 0.6) is 0 Å². The van der Waals surface area contributed by atoms with Gasteiger partial charge in [-0.3, -0.25) is 4.79 Å². The summed E-state index contributed by atoms with van der Waals surface area (Å²) < 4.78 is 0. The fourth-order valence-electron chi connectivity index (χ4n) is 3.16. The Morgan fingerprint density at radius 2 is 2.25 bits per heavy atom. The average molecular weight is 340 g/mol.